The third-order valence-electron chi connectivity index (χ3n) is 6.25. The zero-order chi connectivity index (χ0) is 29.4. The van der Waals surface area contributed by atoms with Gasteiger partial charge in [0.15, 0.2) is 5.13 Å². The SMILES string of the molecule is CC(C)CN(C[C@H](O)[C@H](Cc1ccccc1)NC(=O)O)S(=O)(=O)c1ccc(-c2csc(Nc3ccncc3)n2)cc1. The van der Waals surface area contributed by atoms with Crippen molar-refractivity contribution in [2.24, 2.45) is 5.92 Å². The molecule has 0 spiro atoms. The number of pyridine rings is 1. The van der Waals surface area contributed by atoms with Gasteiger partial charge in [-0.1, -0.05) is 56.3 Å². The molecule has 0 radical (unpaired) electrons. The molecule has 0 bridgehead atoms. The first-order valence-electron chi connectivity index (χ1n) is 13.1. The molecule has 0 aliphatic carbocycles. The molecule has 2 aromatic carbocycles. The third kappa shape index (κ3) is 8.33. The van der Waals surface area contributed by atoms with Crippen molar-refractivity contribution in [2.45, 2.75) is 37.3 Å². The molecule has 0 saturated carbocycles. The van der Waals surface area contributed by atoms with Gasteiger partial charge in [0, 0.05) is 42.1 Å². The molecule has 12 heteroatoms. The van der Waals surface area contributed by atoms with Crippen LogP contribution in [0.3, 0.4) is 0 Å². The Hall–Kier alpha value is -3.84. The van der Waals surface area contributed by atoms with Crippen molar-refractivity contribution in [3.05, 3.63) is 90.1 Å². The highest BCUT2D eigenvalue weighted by Gasteiger charge is 2.31. The molecule has 4 rings (SSSR count). The summed E-state index contributed by atoms with van der Waals surface area (Å²) in [6, 6.07) is 18.4. The number of aromatic nitrogens is 2. The van der Waals surface area contributed by atoms with Gasteiger partial charge in [0.05, 0.1) is 22.7 Å². The van der Waals surface area contributed by atoms with Crippen LogP contribution in [0.25, 0.3) is 11.3 Å². The second-order valence-corrected chi connectivity index (χ2v) is 12.7. The molecule has 2 aromatic heterocycles. The smallest absolute Gasteiger partial charge is 0.404 e. The number of carbonyl (C=O) groups is 1. The monoisotopic (exact) mass is 595 g/mol. The van der Waals surface area contributed by atoms with E-state index in [1.807, 2.05) is 61.7 Å². The lowest BCUT2D eigenvalue weighted by Gasteiger charge is -2.30. The number of carboxylic acid groups (broad SMARTS) is 1. The summed E-state index contributed by atoms with van der Waals surface area (Å²) in [5.41, 5.74) is 3.14. The van der Waals surface area contributed by atoms with Crippen molar-refractivity contribution in [3.8, 4) is 11.3 Å². The van der Waals surface area contributed by atoms with Crippen molar-refractivity contribution < 1.29 is 23.4 Å². The van der Waals surface area contributed by atoms with Crippen molar-refractivity contribution in [2.75, 3.05) is 18.4 Å². The van der Waals surface area contributed by atoms with Gasteiger partial charge in [-0.2, -0.15) is 4.31 Å². The Balaban J connectivity index is 1.51. The fraction of sp³-hybridized carbons (Fsp3) is 0.276. The summed E-state index contributed by atoms with van der Waals surface area (Å²) in [7, 11) is -4.00. The minimum atomic E-state index is -4.00. The summed E-state index contributed by atoms with van der Waals surface area (Å²) in [4.78, 5) is 20.1. The molecule has 0 saturated heterocycles. The number of anilines is 2. The van der Waals surface area contributed by atoms with Gasteiger partial charge in [-0.3, -0.25) is 4.98 Å². The number of nitrogens with one attached hydrogen (secondary N) is 2. The summed E-state index contributed by atoms with van der Waals surface area (Å²) in [5.74, 6) is -0.0300. The molecule has 0 fully saturated rings. The minimum Gasteiger partial charge on any atom is -0.465 e. The first kappa shape index (κ1) is 30.1. The van der Waals surface area contributed by atoms with Crippen LogP contribution in [0.1, 0.15) is 19.4 Å². The van der Waals surface area contributed by atoms with E-state index >= 15 is 0 Å². The Bertz CT molecular complexity index is 1510. The predicted molar refractivity (Wildman–Crippen MR) is 160 cm³/mol. The Morgan fingerprint density at radius 2 is 1.68 bits per heavy atom. The largest absolute Gasteiger partial charge is 0.465 e. The number of aliphatic hydroxyl groups excluding tert-OH is 1. The third-order valence-corrected chi connectivity index (χ3v) is 8.86. The molecule has 2 atom stereocenters. The molecule has 4 N–H and O–H groups in total. The fourth-order valence-corrected chi connectivity index (χ4v) is 6.65. The second-order valence-electron chi connectivity index (χ2n) is 9.95. The maximum Gasteiger partial charge on any atom is 0.404 e. The quantitative estimate of drug-likeness (QED) is 0.172. The molecule has 0 unspecified atom stereocenters. The van der Waals surface area contributed by atoms with Gasteiger partial charge < -0.3 is 20.8 Å². The maximum absolute atomic E-state index is 13.7. The van der Waals surface area contributed by atoms with E-state index in [0.717, 1.165) is 16.8 Å². The van der Waals surface area contributed by atoms with Crippen LogP contribution in [-0.2, 0) is 16.4 Å². The number of thiazole rings is 1. The van der Waals surface area contributed by atoms with Crippen molar-refractivity contribution in [1.29, 1.82) is 0 Å². The van der Waals surface area contributed by atoms with Gasteiger partial charge in [0.25, 0.3) is 0 Å². The van der Waals surface area contributed by atoms with E-state index < -0.39 is 28.3 Å². The number of benzene rings is 2. The topological polar surface area (TPSA) is 145 Å². The molecular formula is C29H33N5O5S2. The van der Waals surface area contributed by atoms with E-state index in [1.165, 1.54) is 27.8 Å². The Morgan fingerprint density at radius 1 is 1.00 bits per heavy atom. The number of sulfonamides is 1. The highest BCUT2D eigenvalue weighted by molar-refractivity contribution is 7.89. The van der Waals surface area contributed by atoms with Gasteiger partial charge in [0.1, 0.15) is 0 Å². The van der Waals surface area contributed by atoms with Crippen LogP contribution in [0, 0.1) is 5.92 Å². The van der Waals surface area contributed by atoms with E-state index in [0.29, 0.717) is 10.8 Å². The lowest BCUT2D eigenvalue weighted by atomic mass is 10.0. The highest BCUT2D eigenvalue weighted by Crippen LogP contribution is 2.28. The predicted octanol–water partition coefficient (Wildman–Crippen LogP) is 4.84. The molecule has 1 amide bonds. The molecule has 216 valence electrons. The number of amides is 1. The van der Waals surface area contributed by atoms with E-state index in [4.69, 9.17) is 0 Å². The van der Waals surface area contributed by atoms with E-state index in [1.54, 1.807) is 24.5 Å². The summed E-state index contributed by atoms with van der Waals surface area (Å²) in [5, 5.41) is 28.6. The average molecular weight is 596 g/mol. The lowest BCUT2D eigenvalue weighted by Crippen LogP contribution is -2.50. The van der Waals surface area contributed by atoms with Gasteiger partial charge in [-0.15, -0.1) is 11.3 Å². The maximum atomic E-state index is 13.7. The van der Waals surface area contributed by atoms with Crippen molar-refractivity contribution in [1.82, 2.24) is 19.6 Å². The van der Waals surface area contributed by atoms with E-state index in [2.05, 4.69) is 20.6 Å². The Morgan fingerprint density at radius 3 is 2.32 bits per heavy atom. The first-order valence-corrected chi connectivity index (χ1v) is 15.4. The molecular weight excluding hydrogens is 562 g/mol. The van der Waals surface area contributed by atoms with Gasteiger partial charge in [-0.25, -0.2) is 18.2 Å². The van der Waals surface area contributed by atoms with E-state index in [9.17, 15) is 23.4 Å². The van der Waals surface area contributed by atoms with Crippen LogP contribution in [0.4, 0.5) is 15.6 Å². The zero-order valence-electron chi connectivity index (χ0n) is 22.7. The zero-order valence-corrected chi connectivity index (χ0v) is 24.3. The number of hydrogen-bond donors (Lipinski definition) is 4. The highest BCUT2D eigenvalue weighted by atomic mass is 32.2. The van der Waals surface area contributed by atoms with Crippen LogP contribution >= 0.6 is 11.3 Å². The summed E-state index contributed by atoms with van der Waals surface area (Å²) >= 11 is 1.43. The summed E-state index contributed by atoms with van der Waals surface area (Å²) < 4.78 is 28.6. The normalized spacial score (nSPS) is 13.2. The number of rotatable bonds is 13. The fourth-order valence-electron chi connectivity index (χ4n) is 4.29. The van der Waals surface area contributed by atoms with Crippen LogP contribution in [-0.4, -0.2) is 64.2 Å². The number of hydrogen-bond acceptors (Lipinski definition) is 8. The number of nitrogens with zero attached hydrogens (tertiary/aromatic N) is 3. The van der Waals surface area contributed by atoms with Crippen LogP contribution < -0.4 is 10.6 Å². The molecule has 0 aliphatic rings. The summed E-state index contributed by atoms with van der Waals surface area (Å²) in [6.45, 7) is 3.65. The first-order chi connectivity index (χ1) is 19.6. The standard InChI is InChI=1S/C29H33N5O5S2/c1-20(2)17-34(18-27(35)25(33-29(36)37)16-21-6-4-3-5-7-21)41(38,39)24-10-8-22(9-11-24)26-19-40-28(32-26)31-23-12-14-30-15-13-23/h3-15,19-20,25,27,33,35H,16-18H2,1-2H3,(H,36,37)(H,30,31,32)/t25-,27-/m0/s1. The van der Waals surface area contributed by atoms with Gasteiger partial charge >= 0.3 is 6.09 Å². The van der Waals surface area contributed by atoms with Crippen molar-refractivity contribution in [3.63, 3.8) is 0 Å². The molecule has 10 nitrogen and oxygen atoms in total. The van der Waals surface area contributed by atoms with Crippen LogP contribution in [0.15, 0.2) is 89.4 Å². The van der Waals surface area contributed by atoms with Crippen LogP contribution in [0.5, 0.6) is 0 Å². The average Bonchev–Trinajstić information content (AvgIpc) is 3.41. The molecule has 2 heterocycles. The van der Waals surface area contributed by atoms with E-state index in [-0.39, 0.29) is 30.3 Å². The summed E-state index contributed by atoms with van der Waals surface area (Å²) in [6.07, 6.45) is 1.01. The van der Waals surface area contributed by atoms with Crippen LogP contribution in [0.2, 0.25) is 0 Å². The molecule has 4 aromatic rings. The van der Waals surface area contributed by atoms with Crippen molar-refractivity contribution >= 4 is 38.3 Å². The minimum absolute atomic E-state index is 0.0300. The molecule has 0 aliphatic heterocycles. The van der Waals surface area contributed by atoms with Gasteiger partial charge in [-0.05, 0) is 42.2 Å². The Kier molecular flexibility index (Phi) is 10.1. The van der Waals surface area contributed by atoms with Gasteiger partial charge in [0.2, 0.25) is 10.0 Å². The Labute approximate surface area is 243 Å². The molecule has 41 heavy (non-hydrogen) atoms. The number of aliphatic hydroxyl groups is 1. The lowest BCUT2D eigenvalue weighted by molar-refractivity contribution is 0.0980. The second kappa shape index (κ2) is 13.7.